The summed E-state index contributed by atoms with van der Waals surface area (Å²) in [5, 5.41) is 0. The second-order valence-electron chi connectivity index (χ2n) is 6.36. The van der Waals surface area contributed by atoms with Gasteiger partial charge < -0.3 is 14.3 Å². The fraction of sp³-hybridized carbons (Fsp3) is 0.562. The van der Waals surface area contributed by atoms with Gasteiger partial charge in [0.1, 0.15) is 5.75 Å². The van der Waals surface area contributed by atoms with Gasteiger partial charge in [-0.2, -0.15) is 0 Å². The largest absolute Gasteiger partial charge is 0.497 e. The SMILES string of the molecule is COc1ccc2c(c1)[nH]c(=S)n2CC1CC2CCC1C2. The molecule has 4 heteroatoms. The molecule has 2 aliphatic carbocycles. The van der Waals surface area contributed by atoms with E-state index in [9.17, 15) is 0 Å². The number of aromatic amines is 1. The van der Waals surface area contributed by atoms with Gasteiger partial charge >= 0.3 is 0 Å². The molecule has 2 aromatic rings. The Kier molecular flexibility index (Phi) is 2.88. The lowest BCUT2D eigenvalue weighted by Crippen LogP contribution is -2.17. The molecule has 106 valence electrons. The van der Waals surface area contributed by atoms with E-state index in [4.69, 9.17) is 17.0 Å². The Hall–Kier alpha value is -1.29. The Morgan fingerprint density at radius 1 is 1.35 bits per heavy atom. The van der Waals surface area contributed by atoms with Gasteiger partial charge in [0.15, 0.2) is 4.77 Å². The monoisotopic (exact) mass is 288 g/mol. The minimum atomic E-state index is 0.821. The minimum Gasteiger partial charge on any atom is -0.497 e. The Morgan fingerprint density at radius 2 is 2.25 bits per heavy atom. The zero-order valence-corrected chi connectivity index (χ0v) is 12.6. The lowest BCUT2D eigenvalue weighted by atomic mass is 9.89. The van der Waals surface area contributed by atoms with Gasteiger partial charge in [-0.1, -0.05) is 6.42 Å². The number of imidazole rings is 1. The number of fused-ring (bicyclic) bond motifs is 3. The average molecular weight is 288 g/mol. The number of hydrogen-bond donors (Lipinski definition) is 1. The Bertz CT molecular complexity index is 702. The van der Waals surface area contributed by atoms with E-state index in [1.54, 1.807) is 7.11 Å². The standard InChI is InChI=1S/C16H20N2OS/c1-19-13-4-5-15-14(8-13)17-16(20)18(15)9-12-7-10-2-3-11(12)6-10/h4-5,8,10-12H,2-3,6-7,9H2,1H3,(H,17,20). The van der Waals surface area contributed by atoms with E-state index in [0.717, 1.165) is 40.3 Å². The molecule has 2 saturated carbocycles. The van der Waals surface area contributed by atoms with E-state index in [-0.39, 0.29) is 0 Å². The van der Waals surface area contributed by atoms with Crippen molar-refractivity contribution in [3.8, 4) is 5.75 Å². The molecule has 0 aliphatic heterocycles. The second kappa shape index (κ2) is 4.62. The number of nitrogens with one attached hydrogen (secondary N) is 1. The predicted octanol–water partition coefficient (Wildman–Crippen LogP) is 4.14. The molecule has 0 amide bonds. The van der Waals surface area contributed by atoms with Crippen molar-refractivity contribution in [1.29, 1.82) is 0 Å². The van der Waals surface area contributed by atoms with E-state index in [1.807, 2.05) is 12.1 Å². The van der Waals surface area contributed by atoms with Crippen LogP contribution in [0.15, 0.2) is 18.2 Å². The highest BCUT2D eigenvalue weighted by molar-refractivity contribution is 7.71. The number of hydrogen-bond acceptors (Lipinski definition) is 2. The predicted molar refractivity (Wildman–Crippen MR) is 82.6 cm³/mol. The highest BCUT2D eigenvalue weighted by Crippen LogP contribution is 2.49. The van der Waals surface area contributed by atoms with Crippen molar-refractivity contribution in [2.45, 2.75) is 32.2 Å². The molecule has 1 aromatic carbocycles. The summed E-state index contributed by atoms with van der Waals surface area (Å²) in [6.07, 6.45) is 5.74. The zero-order chi connectivity index (χ0) is 13.7. The van der Waals surface area contributed by atoms with Crippen LogP contribution in [-0.4, -0.2) is 16.7 Å². The summed E-state index contributed by atoms with van der Waals surface area (Å²) >= 11 is 5.52. The lowest BCUT2D eigenvalue weighted by molar-refractivity contribution is 0.297. The summed E-state index contributed by atoms with van der Waals surface area (Å²) < 4.78 is 8.41. The van der Waals surface area contributed by atoms with Crippen LogP contribution in [0.5, 0.6) is 5.75 Å². The number of nitrogens with zero attached hydrogens (tertiary/aromatic N) is 1. The first-order valence-electron chi connectivity index (χ1n) is 7.51. The number of ether oxygens (including phenoxy) is 1. The van der Waals surface area contributed by atoms with E-state index >= 15 is 0 Å². The second-order valence-corrected chi connectivity index (χ2v) is 6.75. The van der Waals surface area contributed by atoms with Crippen LogP contribution in [0.25, 0.3) is 11.0 Å². The van der Waals surface area contributed by atoms with Crippen LogP contribution in [0.3, 0.4) is 0 Å². The van der Waals surface area contributed by atoms with Gasteiger partial charge in [-0.3, -0.25) is 0 Å². The van der Waals surface area contributed by atoms with Crippen molar-refractivity contribution in [1.82, 2.24) is 9.55 Å². The normalized spacial score (nSPS) is 28.4. The summed E-state index contributed by atoms with van der Waals surface area (Å²) in [4.78, 5) is 3.32. The summed E-state index contributed by atoms with van der Waals surface area (Å²) in [5.41, 5.74) is 2.29. The first kappa shape index (κ1) is 12.5. The zero-order valence-electron chi connectivity index (χ0n) is 11.8. The quantitative estimate of drug-likeness (QED) is 0.860. The molecule has 0 radical (unpaired) electrons. The van der Waals surface area contributed by atoms with Crippen LogP contribution in [-0.2, 0) is 6.54 Å². The molecule has 20 heavy (non-hydrogen) atoms. The average Bonchev–Trinajstić information content (AvgIpc) is 3.14. The molecule has 3 nitrogen and oxygen atoms in total. The molecule has 2 bridgehead atoms. The molecule has 3 atom stereocenters. The van der Waals surface area contributed by atoms with Gasteiger partial charge in [-0.15, -0.1) is 0 Å². The molecule has 1 N–H and O–H groups in total. The highest BCUT2D eigenvalue weighted by atomic mass is 32.1. The highest BCUT2D eigenvalue weighted by Gasteiger charge is 2.39. The van der Waals surface area contributed by atoms with Crippen molar-refractivity contribution in [2.75, 3.05) is 7.11 Å². The van der Waals surface area contributed by atoms with Crippen LogP contribution in [0.4, 0.5) is 0 Å². The molecule has 2 fully saturated rings. The van der Waals surface area contributed by atoms with Crippen LogP contribution in [0.2, 0.25) is 0 Å². The van der Waals surface area contributed by atoms with Gasteiger partial charge in [0.2, 0.25) is 0 Å². The maximum absolute atomic E-state index is 5.52. The van der Waals surface area contributed by atoms with Gasteiger partial charge in [-0.25, -0.2) is 0 Å². The Labute approximate surface area is 123 Å². The van der Waals surface area contributed by atoms with Crippen LogP contribution < -0.4 is 4.74 Å². The molecule has 4 rings (SSSR count). The van der Waals surface area contributed by atoms with E-state index in [2.05, 4.69) is 15.6 Å². The van der Waals surface area contributed by atoms with Gasteiger partial charge in [0, 0.05) is 12.6 Å². The molecular weight excluding hydrogens is 268 g/mol. The molecule has 1 aromatic heterocycles. The smallest absolute Gasteiger partial charge is 0.178 e. The van der Waals surface area contributed by atoms with E-state index in [0.29, 0.717) is 0 Å². The maximum atomic E-state index is 5.52. The van der Waals surface area contributed by atoms with Gasteiger partial charge in [0.05, 0.1) is 18.1 Å². The third kappa shape index (κ3) is 1.89. The number of benzene rings is 1. The topological polar surface area (TPSA) is 29.9 Å². The van der Waals surface area contributed by atoms with Crippen LogP contribution in [0.1, 0.15) is 25.7 Å². The number of rotatable bonds is 3. The van der Waals surface area contributed by atoms with Crippen LogP contribution >= 0.6 is 12.2 Å². The first-order chi connectivity index (χ1) is 9.74. The van der Waals surface area contributed by atoms with Crippen molar-refractivity contribution in [3.63, 3.8) is 0 Å². The van der Waals surface area contributed by atoms with Crippen LogP contribution in [0, 0.1) is 22.5 Å². The van der Waals surface area contributed by atoms with Crippen molar-refractivity contribution < 1.29 is 4.74 Å². The fourth-order valence-electron chi connectivity index (χ4n) is 4.29. The number of aromatic nitrogens is 2. The summed E-state index contributed by atoms with van der Waals surface area (Å²) in [7, 11) is 1.70. The van der Waals surface area contributed by atoms with Crippen molar-refractivity contribution >= 4 is 23.3 Å². The minimum absolute atomic E-state index is 0.821. The molecule has 2 aliphatic rings. The van der Waals surface area contributed by atoms with Gasteiger partial charge in [0.25, 0.3) is 0 Å². The molecular formula is C16H20N2OS. The molecule has 1 heterocycles. The third-order valence-corrected chi connectivity index (χ3v) is 5.61. The van der Waals surface area contributed by atoms with Crippen molar-refractivity contribution in [2.24, 2.45) is 17.8 Å². The van der Waals surface area contributed by atoms with Gasteiger partial charge in [-0.05, 0) is 61.4 Å². The number of H-pyrrole nitrogens is 1. The Morgan fingerprint density at radius 3 is 2.95 bits per heavy atom. The summed E-state index contributed by atoms with van der Waals surface area (Å²) in [6, 6.07) is 6.17. The van der Waals surface area contributed by atoms with E-state index in [1.165, 1.54) is 31.2 Å². The first-order valence-corrected chi connectivity index (χ1v) is 7.92. The number of methoxy groups -OCH3 is 1. The molecule has 0 saturated heterocycles. The van der Waals surface area contributed by atoms with Crippen molar-refractivity contribution in [3.05, 3.63) is 23.0 Å². The lowest BCUT2D eigenvalue weighted by Gasteiger charge is -2.22. The molecule has 3 unspecified atom stereocenters. The van der Waals surface area contributed by atoms with E-state index < -0.39 is 0 Å². The summed E-state index contributed by atoms with van der Waals surface area (Å²) in [5.74, 6) is 3.62. The molecule has 0 spiro atoms. The third-order valence-electron chi connectivity index (χ3n) is 5.28. The maximum Gasteiger partial charge on any atom is 0.178 e. The fourth-order valence-corrected chi connectivity index (χ4v) is 4.57. The Balaban J connectivity index is 1.69. The summed E-state index contributed by atoms with van der Waals surface area (Å²) in [6.45, 7) is 1.08.